The van der Waals surface area contributed by atoms with Gasteiger partial charge in [-0.2, -0.15) is 4.98 Å². The predicted molar refractivity (Wildman–Crippen MR) is 107 cm³/mol. The van der Waals surface area contributed by atoms with E-state index in [-0.39, 0.29) is 0 Å². The molecule has 0 spiro atoms. The van der Waals surface area contributed by atoms with Crippen molar-refractivity contribution in [2.75, 3.05) is 36.4 Å². The smallest absolute Gasteiger partial charge is 0.227 e. The second-order valence-electron chi connectivity index (χ2n) is 7.62. The maximum atomic E-state index is 4.90. The van der Waals surface area contributed by atoms with Crippen LogP contribution in [0.2, 0.25) is 0 Å². The van der Waals surface area contributed by atoms with Crippen molar-refractivity contribution < 1.29 is 0 Å². The van der Waals surface area contributed by atoms with Crippen LogP contribution in [0.4, 0.5) is 11.8 Å². The van der Waals surface area contributed by atoms with Gasteiger partial charge in [-0.05, 0) is 63.2 Å². The fraction of sp³-hybridized carbons (Fsp3) is 0.524. The number of nitrogens with one attached hydrogen (secondary N) is 2. The average Bonchev–Trinajstić information content (AvgIpc) is 2.69. The molecular formula is C21H29N5. The Morgan fingerprint density at radius 1 is 1.19 bits per heavy atom. The maximum Gasteiger partial charge on any atom is 0.227 e. The van der Waals surface area contributed by atoms with Crippen LogP contribution in [-0.2, 0) is 13.0 Å². The summed E-state index contributed by atoms with van der Waals surface area (Å²) in [5.41, 5.74) is 5.08. The number of benzene rings is 1. The van der Waals surface area contributed by atoms with Gasteiger partial charge in [0.1, 0.15) is 5.82 Å². The third kappa shape index (κ3) is 3.68. The lowest BCUT2D eigenvalue weighted by atomic mass is 10.00. The maximum absolute atomic E-state index is 4.90. The summed E-state index contributed by atoms with van der Waals surface area (Å²) in [4.78, 5) is 12.0. The lowest BCUT2D eigenvalue weighted by Crippen LogP contribution is -2.34. The van der Waals surface area contributed by atoms with Crippen LogP contribution in [-0.4, -0.2) is 36.1 Å². The number of aryl methyl sites for hydroxylation is 1. The quantitative estimate of drug-likeness (QED) is 0.887. The SMILES string of the molecule is Cc1nc(N2CCc3ccccc3C2)nc(NCC2CCCNC2)c1C. The van der Waals surface area contributed by atoms with E-state index in [4.69, 9.17) is 9.97 Å². The van der Waals surface area contributed by atoms with Gasteiger partial charge in [-0.25, -0.2) is 4.98 Å². The minimum atomic E-state index is 0.684. The third-order valence-electron chi connectivity index (χ3n) is 5.75. The van der Waals surface area contributed by atoms with Crippen molar-refractivity contribution in [3.63, 3.8) is 0 Å². The first-order valence-corrected chi connectivity index (χ1v) is 9.82. The zero-order valence-electron chi connectivity index (χ0n) is 15.9. The van der Waals surface area contributed by atoms with E-state index in [1.165, 1.54) is 24.0 Å². The van der Waals surface area contributed by atoms with E-state index < -0.39 is 0 Å². The van der Waals surface area contributed by atoms with Gasteiger partial charge < -0.3 is 15.5 Å². The van der Waals surface area contributed by atoms with Gasteiger partial charge in [0, 0.05) is 30.9 Å². The van der Waals surface area contributed by atoms with Gasteiger partial charge in [0.2, 0.25) is 5.95 Å². The summed E-state index contributed by atoms with van der Waals surface area (Å²) in [5, 5.41) is 7.09. The van der Waals surface area contributed by atoms with Gasteiger partial charge in [-0.15, -0.1) is 0 Å². The highest BCUT2D eigenvalue weighted by Crippen LogP contribution is 2.25. The molecule has 5 heteroatoms. The summed E-state index contributed by atoms with van der Waals surface area (Å²) in [6, 6.07) is 8.70. The molecule has 4 rings (SSSR count). The van der Waals surface area contributed by atoms with Crippen LogP contribution in [0.25, 0.3) is 0 Å². The topological polar surface area (TPSA) is 53.1 Å². The first-order chi connectivity index (χ1) is 12.7. The molecule has 26 heavy (non-hydrogen) atoms. The molecule has 3 heterocycles. The summed E-state index contributed by atoms with van der Waals surface area (Å²) >= 11 is 0. The van der Waals surface area contributed by atoms with Crippen molar-refractivity contribution in [2.45, 2.75) is 39.7 Å². The number of anilines is 2. The van der Waals surface area contributed by atoms with Crippen molar-refractivity contribution in [1.82, 2.24) is 15.3 Å². The van der Waals surface area contributed by atoms with Crippen LogP contribution >= 0.6 is 0 Å². The van der Waals surface area contributed by atoms with Gasteiger partial charge >= 0.3 is 0 Å². The minimum Gasteiger partial charge on any atom is -0.369 e. The summed E-state index contributed by atoms with van der Waals surface area (Å²) in [6.07, 6.45) is 3.62. The Morgan fingerprint density at radius 2 is 2.04 bits per heavy atom. The Morgan fingerprint density at radius 3 is 2.85 bits per heavy atom. The van der Waals surface area contributed by atoms with E-state index in [0.29, 0.717) is 5.92 Å². The standard InChI is InChI=1S/C21H29N5/c1-15-16(2)24-21(25-20(15)23-13-17-6-5-10-22-12-17)26-11-9-18-7-3-4-8-19(18)14-26/h3-4,7-8,17,22H,5-6,9-14H2,1-2H3,(H,23,24,25). The van der Waals surface area contributed by atoms with Crippen molar-refractivity contribution in [3.05, 3.63) is 46.6 Å². The van der Waals surface area contributed by atoms with Gasteiger partial charge in [-0.1, -0.05) is 24.3 Å². The molecule has 138 valence electrons. The van der Waals surface area contributed by atoms with Crippen molar-refractivity contribution >= 4 is 11.8 Å². The zero-order valence-corrected chi connectivity index (χ0v) is 15.9. The predicted octanol–water partition coefficient (Wildman–Crippen LogP) is 3.07. The zero-order chi connectivity index (χ0) is 17.9. The molecule has 1 atom stereocenters. The van der Waals surface area contributed by atoms with Crippen molar-refractivity contribution in [1.29, 1.82) is 0 Å². The molecule has 1 aromatic carbocycles. The number of rotatable bonds is 4. The molecule has 1 aromatic heterocycles. The van der Waals surface area contributed by atoms with Crippen LogP contribution in [0.15, 0.2) is 24.3 Å². The number of aromatic nitrogens is 2. The molecule has 2 aromatic rings. The van der Waals surface area contributed by atoms with Crippen LogP contribution in [0.3, 0.4) is 0 Å². The fourth-order valence-electron chi connectivity index (χ4n) is 3.93. The monoisotopic (exact) mass is 351 g/mol. The van der Waals surface area contributed by atoms with E-state index in [1.807, 2.05) is 0 Å². The molecular weight excluding hydrogens is 322 g/mol. The molecule has 0 bridgehead atoms. The Labute approximate surface area is 156 Å². The van der Waals surface area contributed by atoms with Gasteiger partial charge in [0.25, 0.3) is 0 Å². The number of hydrogen-bond donors (Lipinski definition) is 2. The van der Waals surface area contributed by atoms with Crippen LogP contribution in [0, 0.1) is 19.8 Å². The van der Waals surface area contributed by atoms with Crippen LogP contribution in [0.5, 0.6) is 0 Å². The molecule has 0 radical (unpaired) electrons. The highest BCUT2D eigenvalue weighted by Gasteiger charge is 2.20. The number of fused-ring (bicyclic) bond motifs is 1. The van der Waals surface area contributed by atoms with Gasteiger partial charge in [-0.3, -0.25) is 0 Å². The number of hydrogen-bond acceptors (Lipinski definition) is 5. The molecule has 0 amide bonds. The Hall–Kier alpha value is -2.14. The average molecular weight is 351 g/mol. The van der Waals surface area contributed by atoms with Crippen LogP contribution < -0.4 is 15.5 Å². The Balaban J connectivity index is 1.51. The molecule has 5 nitrogen and oxygen atoms in total. The molecule has 0 saturated carbocycles. The molecule has 1 fully saturated rings. The second-order valence-corrected chi connectivity index (χ2v) is 7.62. The van der Waals surface area contributed by atoms with E-state index >= 15 is 0 Å². The highest BCUT2D eigenvalue weighted by molar-refractivity contribution is 5.51. The van der Waals surface area contributed by atoms with E-state index in [9.17, 15) is 0 Å². The first-order valence-electron chi connectivity index (χ1n) is 9.82. The Kier molecular flexibility index (Phi) is 5.07. The normalized spacial score (nSPS) is 19.9. The van der Waals surface area contributed by atoms with Crippen molar-refractivity contribution in [3.8, 4) is 0 Å². The molecule has 2 N–H and O–H groups in total. The minimum absolute atomic E-state index is 0.684. The summed E-state index contributed by atoms with van der Waals surface area (Å²) in [7, 11) is 0. The largest absolute Gasteiger partial charge is 0.369 e. The highest BCUT2D eigenvalue weighted by atomic mass is 15.3. The lowest BCUT2D eigenvalue weighted by Gasteiger charge is -2.30. The molecule has 0 aliphatic carbocycles. The molecule has 1 unspecified atom stereocenters. The summed E-state index contributed by atoms with van der Waals surface area (Å²) < 4.78 is 0. The van der Waals surface area contributed by atoms with E-state index in [2.05, 4.69) is 53.6 Å². The third-order valence-corrected chi connectivity index (χ3v) is 5.75. The summed E-state index contributed by atoms with van der Waals surface area (Å²) in [6.45, 7) is 9.31. The number of nitrogens with zero attached hydrogens (tertiary/aromatic N) is 3. The van der Waals surface area contributed by atoms with Gasteiger partial charge in [0.15, 0.2) is 0 Å². The van der Waals surface area contributed by atoms with E-state index in [1.54, 1.807) is 0 Å². The van der Waals surface area contributed by atoms with Gasteiger partial charge in [0.05, 0.1) is 0 Å². The van der Waals surface area contributed by atoms with E-state index in [0.717, 1.165) is 62.2 Å². The molecule has 2 aliphatic heterocycles. The molecule has 2 aliphatic rings. The lowest BCUT2D eigenvalue weighted by molar-refractivity contribution is 0.392. The fourth-order valence-corrected chi connectivity index (χ4v) is 3.93. The first kappa shape index (κ1) is 17.3. The second kappa shape index (κ2) is 7.62. The number of piperidine rings is 1. The summed E-state index contributed by atoms with van der Waals surface area (Å²) in [5.74, 6) is 2.53. The van der Waals surface area contributed by atoms with Crippen molar-refractivity contribution in [2.24, 2.45) is 5.92 Å². The Bertz CT molecular complexity index is 767. The molecule has 1 saturated heterocycles. The van der Waals surface area contributed by atoms with Crippen LogP contribution in [0.1, 0.15) is 35.2 Å².